The first kappa shape index (κ1) is 21.3. The molecular formula is C19H29NO4S2. The van der Waals surface area contributed by atoms with Crippen LogP contribution >= 0.6 is 11.8 Å². The van der Waals surface area contributed by atoms with Crippen LogP contribution in [-0.2, 0) is 19.6 Å². The summed E-state index contributed by atoms with van der Waals surface area (Å²) in [4.78, 5) is 13.3. The van der Waals surface area contributed by atoms with E-state index in [1.165, 1.54) is 4.31 Å². The average Bonchev–Trinajstić information content (AvgIpc) is 2.66. The lowest BCUT2D eigenvalue weighted by atomic mass is 10.0. The van der Waals surface area contributed by atoms with Gasteiger partial charge in [-0.3, -0.25) is 4.79 Å². The topological polar surface area (TPSA) is 63.7 Å². The number of carbonyl (C=O) groups excluding carboxylic acids is 1. The lowest BCUT2D eigenvalue weighted by molar-refractivity contribution is -0.149. The Kier molecular flexibility index (Phi) is 7.98. The first-order valence-electron chi connectivity index (χ1n) is 9.35. The molecule has 7 heteroatoms. The molecule has 1 aliphatic heterocycles. The van der Waals surface area contributed by atoms with E-state index >= 15 is 0 Å². The molecule has 1 heterocycles. The zero-order valence-corrected chi connectivity index (χ0v) is 17.4. The minimum absolute atomic E-state index is 0.200. The van der Waals surface area contributed by atoms with Gasteiger partial charge in [-0.05, 0) is 56.9 Å². The largest absolute Gasteiger partial charge is 0.466 e. The normalized spacial score (nSPS) is 18.8. The monoisotopic (exact) mass is 399 g/mol. The summed E-state index contributed by atoms with van der Waals surface area (Å²) in [6, 6.07) is 7.10. The van der Waals surface area contributed by atoms with Crippen LogP contribution in [-0.4, -0.2) is 43.6 Å². The SMILES string of the molecule is CCOC(=O)[C@@H]1CCCN(S(=O)(=O)c2ccc(SC(CC)CC)cc2)C1. The Morgan fingerprint density at radius 3 is 2.46 bits per heavy atom. The minimum Gasteiger partial charge on any atom is -0.466 e. The summed E-state index contributed by atoms with van der Waals surface area (Å²) in [6.45, 7) is 7.05. The van der Waals surface area contributed by atoms with Crippen LogP contribution in [0.2, 0.25) is 0 Å². The highest BCUT2D eigenvalue weighted by molar-refractivity contribution is 8.00. The first-order chi connectivity index (χ1) is 12.4. The Morgan fingerprint density at radius 2 is 1.88 bits per heavy atom. The zero-order chi connectivity index (χ0) is 19.2. The number of hydrogen-bond donors (Lipinski definition) is 0. The number of sulfonamides is 1. The van der Waals surface area contributed by atoms with E-state index in [1.807, 2.05) is 12.1 Å². The fraction of sp³-hybridized carbons (Fsp3) is 0.632. The summed E-state index contributed by atoms with van der Waals surface area (Å²) in [7, 11) is -3.58. The molecular weight excluding hydrogens is 370 g/mol. The van der Waals surface area contributed by atoms with Crippen LogP contribution in [0, 0.1) is 5.92 Å². The molecule has 1 aromatic carbocycles. The Hall–Kier alpha value is -1.05. The third kappa shape index (κ3) is 5.24. The Bertz CT molecular complexity index is 684. The molecule has 0 spiro atoms. The number of rotatable bonds is 8. The fourth-order valence-corrected chi connectivity index (χ4v) is 5.64. The molecule has 0 radical (unpaired) electrons. The summed E-state index contributed by atoms with van der Waals surface area (Å²) < 4.78 is 32.3. The van der Waals surface area contributed by atoms with E-state index in [-0.39, 0.29) is 23.3 Å². The molecule has 1 aromatic rings. The average molecular weight is 400 g/mol. The number of hydrogen-bond acceptors (Lipinski definition) is 5. The lowest BCUT2D eigenvalue weighted by Crippen LogP contribution is -2.42. The van der Waals surface area contributed by atoms with Crippen molar-refractivity contribution in [2.75, 3.05) is 19.7 Å². The van der Waals surface area contributed by atoms with E-state index in [1.54, 1.807) is 30.8 Å². The van der Waals surface area contributed by atoms with Gasteiger partial charge >= 0.3 is 5.97 Å². The van der Waals surface area contributed by atoms with E-state index in [4.69, 9.17) is 4.74 Å². The molecule has 5 nitrogen and oxygen atoms in total. The molecule has 26 heavy (non-hydrogen) atoms. The molecule has 2 rings (SSSR count). The second kappa shape index (κ2) is 9.76. The van der Waals surface area contributed by atoms with Crippen molar-refractivity contribution in [3.63, 3.8) is 0 Å². The molecule has 0 aromatic heterocycles. The van der Waals surface area contributed by atoms with Gasteiger partial charge in [-0.15, -0.1) is 11.8 Å². The highest BCUT2D eigenvalue weighted by Gasteiger charge is 2.33. The van der Waals surface area contributed by atoms with Crippen LogP contribution in [0.1, 0.15) is 46.5 Å². The predicted octanol–water partition coefficient (Wildman–Crippen LogP) is 3.93. The molecule has 1 aliphatic rings. The smallest absolute Gasteiger partial charge is 0.310 e. The van der Waals surface area contributed by atoms with Gasteiger partial charge in [-0.2, -0.15) is 4.31 Å². The van der Waals surface area contributed by atoms with Crippen molar-refractivity contribution in [2.24, 2.45) is 5.92 Å². The van der Waals surface area contributed by atoms with Gasteiger partial charge in [0.15, 0.2) is 0 Å². The fourth-order valence-electron chi connectivity index (χ4n) is 3.10. The molecule has 0 aliphatic carbocycles. The van der Waals surface area contributed by atoms with E-state index in [2.05, 4.69) is 13.8 Å². The van der Waals surface area contributed by atoms with Crippen LogP contribution < -0.4 is 0 Å². The number of piperidine rings is 1. The molecule has 0 saturated carbocycles. The maximum absolute atomic E-state index is 12.9. The van der Waals surface area contributed by atoms with Gasteiger partial charge < -0.3 is 4.74 Å². The number of ether oxygens (including phenoxy) is 1. The molecule has 0 N–H and O–H groups in total. The van der Waals surface area contributed by atoms with Crippen LogP contribution in [0.5, 0.6) is 0 Å². The Labute approximate surface area is 161 Å². The van der Waals surface area contributed by atoms with Crippen molar-refractivity contribution >= 4 is 27.8 Å². The molecule has 146 valence electrons. The summed E-state index contributed by atoms with van der Waals surface area (Å²) in [5, 5.41) is 0.546. The maximum Gasteiger partial charge on any atom is 0.310 e. The molecule has 0 amide bonds. The summed E-state index contributed by atoms with van der Waals surface area (Å²) in [5.41, 5.74) is 0. The zero-order valence-electron chi connectivity index (χ0n) is 15.8. The molecule has 1 saturated heterocycles. The number of nitrogens with zero attached hydrogens (tertiary/aromatic N) is 1. The third-order valence-corrected chi connectivity index (χ3v) is 8.10. The predicted molar refractivity (Wildman–Crippen MR) is 105 cm³/mol. The second-order valence-corrected chi connectivity index (χ2v) is 9.79. The van der Waals surface area contributed by atoms with Gasteiger partial charge in [0.1, 0.15) is 0 Å². The van der Waals surface area contributed by atoms with Crippen LogP contribution in [0.15, 0.2) is 34.1 Å². The van der Waals surface area contributed by atoms with Gasteiger partial charge in [-0.1, -0.05) is 13.8 Å². The quantitative estimate of drug-likeness (QED) is 0.489. The second-order valence-electron chi connectivity index (χ2n) is 6.48. The van der Waals surface area contributed by atoms with Crippen molar-refractivity contribution in [2.45, 2.75) is 61.5 Å². The van der Waals surface area contributed by atoms with Gasteiger partial charge in [0, 0.05) is 23.2 Å². The molecule has 0 unspecified atom stereocenters. The Balaban J connectivity index is 2.10. The summed E-state index contributed by atoms with van der Waals surface area (Å²) in [6.07, 6.45) is 3.52. The van der Waals surface area contributed by atoms with Crippen LogP contribution in [0.4, 0.5) is 0 Å². The number of carbonyl (C=O) groups is 1. The van der Waals surface area contributed by atoms with E-state index in [0.717, 1.165) is 17.7 Å². The molecule has 0 bridgehead atoms. The molecule has 1 fully saturated rings. The van der Waals surface area contributed by atoms with E-state index in [0.29, 0.717) is 31.2 Å². The van der Waals surface area contributed by atoms with Gasteiger partial charge in [0.05, 0.1) is 17.4 Å². The molecule has 1 atom stereocenters. The van der Waals surface area contributed by atoms with Crippen LogP contribution in [0.25, 0.3) is 0 Å². The van der Waals surface area contributed by atoms with Gasteiger partial charge in [0.25, 0.3) is 0 Å². The lowest BCUT2D eigenvalue weighted by Gasteiger charge is -2.30. The van der Waals surface area contributed by atoms with Crippen molar-refractivity contribution < 1.29 is 17.9 Å². The highest BCUT2D eigenvalue weighted by atomic mass is 32.2. The van der Waals surface area contributed by atoms with E-state index in [9.17, 15) is 13.2 Å². The van der Waals surface area contributed by atoms with Crippen molar-refractivity contribution in [1.82, 2.24) is 4.31 Å². The Morgan fingerprint density at radius 1 is 1.23 bits per heavy atom. The van der Waals surface area contributed by atoms with Gasteiger partial charge in [-0.25, -0.2) is 8.42 Å². The van der Waals surface area contributed by atoms with Crippen LogP contribution in [0.3, 0.4) is 0 Å². The highest BCUT2D eigenvalue weighted by Crippen LogP contribution is 2.30. The van der Waals surface area contributed by atoms with Crippen molar-refractivity contribution in [3.8, 4) is 0 Å². The van der Waals surface area contributed by atoms with Gasteiger partial charge in [0.2, 0.25) is 10.0 Å². The van der Waals surface area contributed by atoms with Crippen molar-refractivity contribution in [3.05, 3.63) is 24.3 Å². The standard InChI is InChI=1S/C19H29NO4S2/c1-4-16(5-2)25-17-9-11-18(12-10-17)26(22,23)20-13-7-8-15(14-20)19(21)24-6-3/h9-12,15-16H,4-8,13-14H2,1-3H3/t15-/m1/s1. The maximum atomic E-state index is 12.9. The minimum atomic E-state index is -3.58. The van der Waals surface area contributed by atoms with Crippen molar-refractivity contribution in [1.29, 1.82) is 0 Å². The third-order valence-electron chi connectivity index (χ3n) is 4.68. The number of benzene rings is 1. The number of esters is 1. The number of thioether (sulfide) groups is 1. The van der Waals surface area contributed by atoms with E-state index < -0.39 is 10.0 Å². The summed E-state index contributed by atoms with van der Waals surface area (Å²) in [5.74, 6) is -0.674. The summed E-state index contributed by atoms with van der Waals surface area (Å²) >= 11 is 1.78. The first-order valence-corrected chi connectivity index (χ1v) is 11.7.